The molecule has 0 saturated carbocycles. The Balaban J connectivity index is 1.71. The van der Waals surface area contributed by atoms with Crippen molar-refractivity contribution in [3.8, 4) is 11.6 Å². The van der Waals surface area contributed by atoms with Crippen molar-refractivity contribution in [2.45, 2.75) is 35.8 Å². The first-order chi connectivity index (χ1) is 16.5. The van der Waals surface area contributed by atoms with Gasteiger partial charge in [0.2, 0.25) is 5.88 Å². The smallest absolute Gasteiger partial charge is 0.419 e. The second-order valence-electron chi connectivity index (χ2n) is 8.27. The molecule has 5 nitrogen and oxygen atoms in total. The van der Waals surface area contributed by atoms with Crippen molar-refractivity contribution in [2.24, 2.45) is 0 Å². The van der Waals surface area contributed by atoms with E-state index < -0.39 is 48.8 Å². The quantitative estimate of drug-likeness (QED) is 0.340. The molecule has 3 rings (SSSR count). The van der Waals surface area contributed by atoms with E-state index in [0.717, 1.165) is 24.3 Å². The Morgan fingerprint density at radius 2 is 1.61 bits per heavy atom. The van der Waals surface area contributed by atoms with Crippen LogP contribution in [-0.2, 0) is 22.2 Å². The molecule has 0 fully saturated rings. The molecule has 0 radical (unpaired) electrons. The predicted octanol–water partition coefficient (Wildman–Crippen LogP) is 6.72. The number of nitrogens with zero attached hydrogens (tertiary/aromatic N) is 1. The van der Waals surface area contributed by atoms with Gasteiger partial charge in [-0.05, 0) is 56.3 Å². The number of anilines is 1. The van der Waals surface area contributed by atoms with E-state index in [-0.39, 0.29) is 18.2 Å². The Morgan fingerprint density at radius 1 is 0.917 bits per heavy atom. The highest BCUT2D eigenvalue weighted by atomic mass is 32.2. The lowest BCUT2D eigenvalue weighted by Crippen LogP contribution is -2.39. The second kappa shape index (κ2) is 9.60. The van der Waals surface area contributed by atoms with Crippen LogP contribution in [0.25, 0.3) is 0 Å². The molecule has 0 atom stereocenters. The highest BCUT2D eigenvalue weighted by molar-refractivity contribution is 7.92. The van der Waals surface area contributed by atoms with Crippen LogP contribution in [-0.4, -0.2) is 24.7 Å². The van der Waals surface area contributed by atoms with Crippen LogP contribution < -0.4 is 10.1 Å². The Bertz CT molecular complexity index is 1340. The van der Waals surface area contributed by atoms with Crippen molar-refractivity contribution in [2.75, 3.05) is 11.9 Å². The van der Waals surface area contributed by atoms with Crippen molar-refractivity contribution >= 4 is 15.5 Å². The van der Waals surface area contributed by atoms with Gasteiger partial charge in [0, 0.05) is 12.6 Å². The number of alkyl halides is 6. The van der Waals surface area contributed by atoms with Gasteiger partial charge in [0.05, 0.1) is 32.7 Å². The molecule has 0 aliphatic heterocycles. The summed E-state index contributed by atoms with van der Waals surface area (Å²) in [6.07, 6.45) is -8.39. The summed E-state index contributed by atoms with van der Waals surface area (Å²) >= 11 is 0. The van der Waals surface area contributed by atoms with Crippen LogP contribution >= 0.6 is 0 Å². The highest BCUT2D eigenvalue weighted by Gasteiger charge is 2.38. The van der Waals surface area contributed by atoms with Gasteiger partial charge in [0.25, 0.3) is 0 Å². The summed E-state index contributed by atoms with van der Waals surface area (Å²) in [6.45, 7) is 2.47. The molecule has 0 amide bonds. The average molecular weight is 536 g/mol. The fraction of sp³-hybridized carbons (Fsp3) is 0.261. The van der Waals surface area contributed by atoms with Crippen LogP contribution in [0.1, 0.15) is 25.0 Å². The second-order valence-corrected chi connectivity index (χ2v) is 10.9. The molecule has 0 bridgehead atoms. The number of ether oxygens (including phenoxy) is 1. The molecule has 2 aromatic carbocycles. The van der Waals surface area contributed by atoms with Gasteiger partial charge in [0.15, 0.2) is 9.84 Å². The van der Waals surface area contributed by atoms with Crippen molar-refractivity contribution in [1.29, 1.82) is 0 Å². The Hall–Kier alpha value is -3.35. The molecule has 194 valence electrons. The van der Waals surface area contributed by atoms with E-state index in [1.165, 1.54) is 32.2 Å². The minimum atomic E-state index is -4.91. The van der Waals surface area contributed by atoms with Crippen molar-refractivity contribution < 1.29 is 43.9 Å². The van der Waals surface area contributed by atoms with Crippen LogP contribution in [0.5, 0.6) is 11.6 Å². The van der Waals surface area contributed by atoms with E-state index in [4.69, 9.17) is 4.74 Å². The highest BCUT2D eigenvalue weighted by Crippen LogP contribution is 2.35. The summed E-state index contributed by atoms with van der Waals surface area (Å²) in [5.74, 6) is -1.87. The standard InChI is InChI=1S/C23H19F7N2O3S/c1-21(2,36(33,34)17-5-3-4-14(10-17)22(25,26)27)13-32-15-6-9-20(31-12-15)35-16-7-8-19(24)18(11-16)23(28,29)30/h3-12,32H,13H2,1-2H3. The zero-order chi connectivity index (χ0) is 26.9. The molecule has 3 aromatic rings. The van der Waals surface area contributed by atoms with E-state index in [2.05, 4.69) is 10.3 Å². The third kappa shape index (κ3) is 6.07. The van der Waals surface area contributed by atoms with E-state index in [1.807, 2.05) is 0 Å². The molecule has 1 aromatic heterocycles. The van der Waals surface area contributed by atoms with E-state index in [9.17, 15) is 39.2 Å². The van der Waals surface area contributed by atoms with Gasteiger partial charge in [-0.3, -0.25) is 0 Å². The van der Waals surface area contributed by atoms with Crippen LogP contribution in [0.4, 0.5) is 36.4 Å². The summed E-state index contributed by atoms with van der Waals surface area (Å²) in [6, 6.07) is 8.24. The minimum Gasteiger partial charge on any atom is -0.439 e. The lowest BCUT2D eigenvalue weighted by atomic mass is 10.2. The molecule has 0 unspecified atom stereocenters. The van der Waals surface area contributed by atoms with Crippen molar-refractivity contribution in [1.82, 2.24) is 4.98 Å². The number of rotatable bonds is 7. The van der Waals surface area contributed by atoms with Gasteiger partial charge in [0.1, 0.15) is 11.6 Å². The monoisotopic (exact) mass is 536 g/mol. The molecule has 36 heavy (non-hydrogen) atoms. The Labute approximate surface area is 201 Å². The third-order valence-electron chi connectivity index (χ3n) is 5.12. The fourth-order valence-electron chi connectivity index (χ4n) is 3.02. The molecule has 1 heterocycles. The average Bonchev–Trinajstić information content (AvgIpc) is 2.78. The summed E-state index contributed by atoms with van der Waals surface area (Å²) in [5, 5.41) is 2.82. The largest absolute Gasteiger partial charge is 0.439 e. The van der Waals surface area contributed by atoms with Crippen LogP contribution in [0.2, 0.25) is 0 Å². The van der Waals surface area contributed by atoms with E-state index in [0.29, 0.717) is 23.9 Å². The van der Waals surface area contributed by atoms with Crippen molar-refractivity contribution in [3.05, 3.63) is 77.7 Å². The van der Waals surface area contributed by atoms with Gasteiger partial charge in [-0.2, -0.15) is 26.3 Å². The van der Waals surface area contributed by atoms with Gasteiger partial charge in [-0.1, -0.05) is 6.07 Å². The predicted molar refractivity (Wildman–Crippen MR) is 117 cm³/mol. The number of pyridine rings is 1. The molecule has 1 N–H and O–H groups in total. The van der Waals surface area contributed by atoms with Gasteiger partial charge in [-0.15, -0.1) is 0 Å². The molecule has 0 saturated heterocycles. The third-order valence-corrected chi connectivity index (χ3v) is 7.59. The molecule has 13 heteroatoms. The van der Waals surface area contributed by atoms with Gasteiger partial charge in [-0.25, -0.2) is 17.8 Å². The maximum Gasteiger partial charge on any atom is 0.419 e. The number of hydrogen-bond acceptors (Lipinski definition) is 5. The number of aromatic nitrogens is 1. The maximum absolute atomic E-state index is 13.4. The molecule has 0 spiro atoms. The van der Waals surface area contributed by atoms with Gasteiger partial charge < -0.3 is 10.1 Å². The molecular weight excluding hydrogens is 517 g/mol. The van der Waals surface area contributed by atoms with E-state index >= 15 is 0 Å². The topological polar surface area (TPSA) is 68.3 Å². The SMILES string of the molecule is CC(C)(CNc1ccc(Oc2ccc(F)c(C(F)(F)F)c2)nc1)S(=O)(=O)c1cccc(C(F)(F)F)c1. The van der Waals surface area contributed by atoms with E-state index in [1.54, 1.807) is 0 Å². The van der Waals surface area contributed by atoms with Gasteiger partial charge >= 0.3 is 12.4 Å². The lowest BCUT2D eigenvalue weighted by Gasteiger charge is -2.26. The van der Waals surface area contributed by atoms with Crippen molar-refractivity contribution in [3.63, 3.8) is 0 Å². The normalized spacial score (nSPS) is 12.9. The zero-order valence-corrected chi connectivity index (χ0v) is 19.5. The molecule has 0 aliphatic carbocycles. The Kier molecular flexibility index (Phi) is 7.26. The summed E-state index contributed by atoms with van der Waals surface area (Å²) in [4.78, 5) is 3.43. The first-order valence-corrected chi connectivity index (χ1v) is 11.7. The number of halogens is 7. The molecule has 0 aliphatic rings. The Morgan fingerprint density at radius 3 is 2.19 bits per heavy atom. The van der Waals surface area contributed by atoms with Crippen LogP contribution in [0.15, 0.2) is 65.7 Å². The maximum atomic E-state index is 13.4. The first kappa shape index (κ1) is 27.2. The van der Waals surface area contributed by atoms with Crippen LogP contribution in [0.3, 0.4) is 0 Å². The minimum absolute atomic E-state index is 0.115. The number of nitrogens with one attached hydrogen (secondary N) is 1. The zero-order valence-electron chi connectivity index (χ0n) is 18.7. The first-order valence-electron chi connectivity index (χ1n) is 10.2. The number of hydrogen-bond donors (Lipinski definition) is 1. The fourth-order valence-corrected chi connectivity index (χ4v) is 4.46. The summed E-state index contributed by atoms with van der Waals surface area (Å²) < 4.78 is 121. The lowest BCUT2D eigenvalue weighted by molar-refractivity contribution is -0.140. The number of benzene rings is 2. The number of sulfone groups is 1. The van der Waals surface area contributed by atoms with Crippen LogP contribution in [0, 0.1) is 5.82 Å². The molecular formula is C23H19F7N2O3S. The summed E-state index contributed by atoms with van der Waals surface area (Å²) in [5.41, 5.74) is -2.28. The summed E-state index contributed by atoms with van der Waals surface area (Å²) in [7, 11) is -4.19.